The van der Waals surface area contributed by atoms with Gasteiger partial charge in [-0.15, -0.1) is 0 Å². The van der Waals surface area contributed by atoms with Crippen LogP contribution >= 0.6 is 11.6 Å². The van der Waals surface area contributed by atoms with Gasteiger partial charge in [0.05, 0.1) is 17.7 Å². The monoisotopic (exact) mass is 486 g/mol. The van der Waals surface area contributed by atoms with Crippen LogP contribution in [0.1, 0.15) is 18.9 Å². The van der Waals surface area contributed by atoms with E-state index in [1.165, 1.54) is 19.2 Å². The van der Waals surface area contributed by atoms with Gasteiger partial charge in [0.1, 0.15) is 0 Å². The molecule has 0 radical (unpaired) electrons. The molecular formula is C24H23ClN2O5S. The Labute approximate surface area is 197 Å². The predicted molar refractivity (Wildman–Crippen MR) is 128 cm³/mol. The third-order valence-corrected chi connectivity index (χ3v) is 6.93. The highest BCUT2D eigenvalue weighted by atomic mass is 35.5. The molecular weight excluding hydrogens is 464 g/mol. The molecule has 172 valence electrons. The number of hydrogen-bond donors (Lipinski definition) is 1. The lowest BCUT2D eigenvalue weighted by molar-refractivity contribution is -0.118. The Morgan fingerprint density at radius 3 is 2.55 bits per heavy atom. The van der Waals surface area contributed by atoms with Crippen LogP contribution in [0.5, 0.6) is 17.2 Å². The van der Waals surface area contributed by atoms with Crippen LogP contribution in [0.4, 0.5) is 11.4 Å². The van der Waals surface area contributed by atoms with Crippen molar-refractivity contribution in [2.45, 2.75) is 24.7 Å². The molecule has 0 unspecified atom stereocenters. The first-order chi connectivity index (χ1) is 15.8. The van der Waals surface area contributed by atoms with Gasteiger partial charge in [-0.05, 0) is 60.5 Å². The van der Waals surface area contributed by atoms with Crippen molar-refractivity contribution in [1.82, 2.24) is 0 Å². The summed E-state index contributed by atoms with van der Waals surface area (Å²) in [5, 5.41) is 0.350. The molecule has 0 bridgehead atoms. The first-order valence-electron chi connectivity index (χ1n) is 10.4. The van der Waals surface area contributed by atoms with E-state index in [9.17, 15) is 13.2 Å². The molecule has 0 fully saturated rings. The number of amides is 1. The number of carbonyl (C=O) groups excluding carboxylic acids is 1. The number of para-hydroxylation sites is 2. The summed E-state index contributed by atoms with van der Waals surface area (Å²) in [6.45, 7) is 2.35. The average molecular weight is 487 g/mol. The number of benzene rings is 3. The van der Waals surface area contributed by atoms with Gasteiger partial charge in [-0.3, -0.25) is 9.52 Å². The van der Waals surface area contributed by atoms with Gasteiger partial charge in [-0.2, -0.15) is 0 Å². The number of anilines is 2. The quantitative estimate of drug-likeness (QED) is 0.493. The van der Waals surface area contributed by atoms with Gasteiger partial charge in [0, 0.05) is 23.7 Å². The summed E-state index contributed by atoms with van der Waals surface area (Å²) in [6.07, 6.45) is 0.995. The summed E-state index contributed by atoms with van der Waals surface area (Å²) in [6, 6.07) is 16.5. The van der Waals surface area contributed by atoms with Gasteiger partial charge in [-0.1, -0.05) is 30.7 Å². The highest BCUT2D eigenvalue weighted by Crippen LogP contribution is 2.38. The van der Waals surface area contributed by atoms with Crippen LogP contribution in [0.2, 0.25) is 5.02 Å². The zero-order valence-corrected chi connectivity index (χ0v) is 19.7. The number of carbonyl (C=O) groups is 1. The number of nitrogens with one attached hydrogen (secondary N) is 1. The van der Waals surface area contributed by atoms with E-state index >= 15 is 0 Å². The van der Waals surface area contributed by atoms with Crippen LogP contribution in [0.3, 0.4) is 0 Å². The van der Waals surface area contributed by atoms with E-state index in [-0.39, 0.29) is 22.2 Å². The van der Waals surface area contributed by atoms with Gasteiger partial charge in [-0.25, -0.2) is 8.42 Å². The van der Waals surface area contributed by atoms with Crippen LogP contribution < -0.4 is 19.1 Å². The molecule has 1 N–H and O–H groups in total. The lowest BCUT2D eigenvalue weighted by Crippen LogP contribution is -2.27. The normalized spacial score (nSPS) is 12.9. The number of hydrogen-bond acceptors (Lipinski definition) is 5. The van der Waals surface area contributed by atoms with Gasteiger partial charge >= 0.3 is 0 Å². The molecule has 1 aliphatic heterocycles. The molecule has 3 aromatic carbocycles. The van der Waals surface area contributed by atoms with Crippen LogP contribution in [-0.2, 0) is 21.2 Å². The van der Waals surface area contributed by atoms with Crippen molar-refractivity contribution in [2.75, 3.05) is 23.3 Å². The van der Waals surface area contributed by atoms with E-state index in [0.717, 1.165) is 11.3 Å². The topological polar surface area (TPSA) is 84.9 Å². The molecule has 1 heterocycles. The van der Waals surface area contributed by atoms with Crippen molar-refractivity contribution in [1.29, 1.82) is 0 Å². The average Bonchev–Trinajstić information content (AvgIpc) is 3.24. The Morgan fingerprint density at radius 2 is 1.82 bits per heavy atom. The number of nitrogens with zero attached hydrogens (tertiary/aromatic N) is 1. The molecule has 7 nitrogen and oxygen atoms in total. The van der Waals surface area contributed by atoms with Crippen molar-refractivity contribution in [3.05, 3.63) is 71.2 Å². The standard InChI is InChI=1S/C24H23ClN2O5S/c1-3-24(28)27-13-12-16-14-18(9-10-20(16)27)33(29,30)26-19-15-17(25)8-11-21(19)32-23-7-5-4-6-22(23)31-2/h4-11,14-15,26H,3,12-13H2,1-2H3. The number of fused-ring (bicyclic) bond motifs is 1. The molecule has 0 atom stereocenters. The maximum atomic E-state index is 13.2. The molecule has 33 heavy (non-hydrogen) atoms. The highest BCUT2D eigenvalue weighted by Gasteiger charge is 2.26. The maximum Gasteiger partial charge on any atom is 0.262 e. The summed E-state index contributed by atoms with van der Waals surface area (Å²) < 4.78 is 40.2. The molecule has 1 amide bonds. The van der Waals surface area contributed by atoms with Crippen molar-refractivity contribution in [3.63, 3.8) is 0 Å². The molecule has 9 heteroatoms. The lowest BCUT2D eigenvalue weighted by atomic mass is 10.2. The smallest absolute Gasteiger partial charge is 0.262 e. The van der Waals surface area contributed by atoms with E-state index < -0.39 is 10.0 Å². The SMILES string of the molecule is CCC(=O)N1CCc2cc(S(=O)(=O)Nc3cc(Cl)ccc3Oc3ccccc3OC)ccc21. The largest absolute Gasteiger partial charge is 0.493 e. The minimum atomic E-state index is -3.95. The predicted octanol–water partition coefficient (Wildman–Crippen LogP) is 5.24. The van der Waals surface area contributed by atoms with Crippen LogP contribution in [-0.4, -0.2) is 28.0 Å². The molecule has 0 saturated heterocycles. The number of sulfonamides is 1. The van der Waals surface area contributed by atoms with Crippen molar-refractivity contribution < 1.29 is 22.7 Å². The highest BCUT2D eigenvalue weighted by molar-refractivity contribution is 7.92. The summed E-state index contributed by atoms with van der Waals surface area (Å²) in [7, 11) is -2.42. The zero-order valence-electron chi connectivity index (χ0n) is 18.2. The van der Waals surface area contributed by atoms with E-state index in [2.05, 4.69) is 4.72 Å². The third kappa shape index (κ3) is 4.77. The van der Waals surface area contributed by atoms with Crippen LogP contribution in [0.15, 0.2) is 65.6 Å². The van der Waals surface area contributed by atoms with Crippen molar-refractivity contribution >= 4 is 38.9 Å². The van der Waals surface area contributed by atoms with Gasteiger partial charge in [0.2, 0.25) is 5.91 Å². The fourth-order valence-electron chi connectivity index (χ4n) is 3.69. The summed E-state index contributed by atoms with van der Waals surface area (Å²) >= 11 is 6.14. The molecule has 0 saturated carbocycles. The van der Waals surface area contributed by atoms with Gasteiger partial charge < -0.3 is 14.4 Å². The Balaban J connectivity index is 1.64. The van der Waals surface area contributed by atoms with Crippen LogP contribution in [0.25, 0.3) is 0 Å². The second-order valence-electron chi connectivity index (χ2n) is 7.44. The molecule has 0 aliphatic carbocycles. The van der Waals surface area contributed by atoms with Crippen LogP contribution in [0, 0.1) is 0 Å². The first kappa shape index (κ1) is 22.9. The van der Waals surface area contributed by atoms with Crippen molar-refractivity contribution in [2.24, 2.45) is 0 Å². The Kier molecular flexibility index (Phi) is 6.49. The summed E-state index contributed by atoms with van der Waals surface area (Å²) in [5.74, 6) is 1.22. The van der Waals surface area contributed by atoms with Gasteiger partial charge in [0.25, 0.3) is 10.0 Å². The molecule has 1 aliphatic rings. The molecule has 3 aromatic rings. The molecule has 0 aromatic heterocycles. The number of methoxy groups -OCH3 is 1. The van der Waals surface area contributed by atoms with Gasteiger partial charge in [0.15, 0.2) is 17.2 Å². The van der Waals surface area contributed by atoms with E-state index in [1.54, 1.807) is 60.4 Å². The Morgan fingerprint density at radius 1 is 1.06 bits per heavy atom. The summed E-state index contributed by atoms with van der Waals surface area (Å²) in [4.78, 5) is 13.9. The van der Waals surface area contributed by atoms with Crippen molar-refractivity contribution in [3.8, 4) is 17.2 Å². The summed E-state index contributed by atoms with van der Waals surface area (Å²) in [5.41, 5.74) is 1.76. The minimum absolute atomic E-state index is 0.0135. The second kappa shape index (κ2) is 9.33. The lowest BCUT2D eigenvalue weighted by Gasteiger charge is -2.17. The fraction of sp³-hybridized carbons (Fsp3) is 0.208. The Bertz CT molecular complexity index is 1310. The molecule has 4 rings (SSSR count). The number of halogens is 1. The zero-order chi connectivity index (χ0) is 23.6. The van der Waals surface area contributed by atoms with E-state index in [4.69, 9.17) is 21.1 Å². The number of rotatable bonds is 7. The molecule has 0 spiro atoms. The first-order valence-corrected chi connectivity index (χ1v) is 12.2. The van der Waals surface area contributed by atoms with E-state index in [1.807, 2.05) is 0 Å². The van der Waals surface area contributed by atoms with E-state index in [0.29, 0.717) is 35.9 Å². The Hall–Kier alpha value is -3.23. The fourth-order valence-corrected chi connectivity index (χ4v) is 4.98. The minimum Gasteiger partial charge on any atom is -0.493 e. The second-order valence-corrected chi connectivity index (χ2v) is 9.56. The number of ether oxygens (including phenoxy) is 2. The maximum absolute atomic E-state index is 13.2. The third-order valence-electron chi connectivity index (χ3n) is 5.34.